The molecule has 9 heteroatoms. The van der Waals surface area contributed by atoms with E-state index in [0.29, 0.717) is 65.5 Å². The zero-order valence-electron chi connectivity index (χ0n) is 29.6. The lowest BCUT2D eigenvalue weighted by atomic mass is 9.92. The van der Waals surface area contributed by atoms with Crippen molar-refractivity contribution in [1.29, 1.82) is 0 Å². The molecule has 1 unspecified atom stereocenters. The number of aryl methyl sites for hydroxylation is 1. The van der Waals surface area contributed by atoms with Crippen molar-refractivity contribution in [3.8, 4) is 23.0 Å². The lowest BCUT2D eigenvalue weighted by molar-refractivity contribution is -0.121. The average Bonchev–Trinajstić information content (AvgIpc) is 3.10. The number of halogens is 1. The van der Waals surface area contributed by atoms with Crippen LogP contribution in [0.3, 0.4) is 0 Å². The molecule has 4 aromatic carbocycles. The van der Waals surface area contributed by atoms with E-state index in [-0.39, 0.29) is 35.8 Å². The summed E-state index contributed by atoms with van der Waals surface area (Å²) in [6.07, 6.45) is 1.83. The topological polar surface area (TPSA) is 108 Å². The molecule has 0 radical (unpaired) electrons. The molecule has 0 aliphatic heterocycles. The van der Waals surface area contributed by atoms with Gasteiger partial charge in [0.15, 0.2) is 5.78 Å². The normalized spacial score (nSPS) is 11.1. The third-order valence-electron chi connectivity index (χ3n) is 7.88. The summed E-state index contributed by atoms with van der Waals surface area (Å²) in [5.74, 6) is 1.63. The average molecular weight is 684 g/mol. The van der Waals surface area contributed by atoms with Crippen LogP contribution >= 0.6 is 0 Å². The summed E-state index contributed by atoms with van der Waals surface area (Å²) < 4.78 is 30.7. The van der Waals surface area contributed by atoms with Gasteiger partial charge in [-0.3, -0.25) is 19.7 Å². The number of amides is 1. The highest BCUT2D eigenvalue weighted by Crippen LogP contribution is 2.35. The summed E-state index contributed by atoms with van der Waals surface area (Å²) in [7, 11) is 0. The van der Waals surface area contributed by atoms with Gasteiger partial charge in [-0.05, 0) is 73.9 Å². The van der Waals surface area contributed by atoms with Crippen LogP contribution in [0.2, 0.25) is 0 Å². The van der Waals surface area contributed by atoms with Gasteiger partial charge in [-0.25, -0.2) is 9.18 Å². The lowest BCUT2D eigenvalue weighted by Crippen LogP contribution is -2.16. The fraction of sp³-hybridized carbons (Fsp3) is 0.317. The number of benzene rings is 4. The number of nitrogens with one attached hydrogen (secondary N) is 1. The van der Waals surface area contributed by atoms with Crippen molar-refractivity contribution in [1.82, 2.24) is 0 Å². The van der Waals surface area contributed by atoms with Gasteiger partial charge in [-0.1, -0.05) is 71.0 Å². The van der Waals surface area contributed by atoms with E-state index < -0.39 is 11.9 Å². The zero-order valence-corrected chi connectivity index (χ0v) is 29.6. The molecule has 0 saturated carbocycles. The highest BCUT2D eigenvalue weighted by atomic mass is 19.1. The van der Waals surface area contributed by atoms with Crippen molar-refractivity contribution in [2.75, 3.05) is 5.32 Å². The van der Waals surface area contributed by atoms with E-state index in [0.717, 1.165) is 5.56 Å². The van der Waals surface area contributed by atoms with Crippen molar-refractivity contribution in [2.45, 2.75) is 73.8 Å². The number of ketones is 3. The Morgan fingerprint density at radius 2 is 1.40 bits per heavy atom. The van der Waals surface area contributed by atoms with Gasteiger partial charge in [0.25, 0.3) is 0 Å². The van der Waals surface area contributed by atoms with Gasteiger partial charge < -0.3 is 14.2 Å². The molecule has 50 heavy (non-hydrogen) atoms. The number of carbonyl (C=O) groups excluding carboxylic acids is 4. The van der Waals surface area contributed by atoms with Gasteiger partial charge in [-0.15, -0.1) is 0 Å². The summed E-state index contributed by atoms with van der Waals surface area (Å²) >= 11 is 0. The molecule has 0 heterocycles. The Morgan fingerprint density at radius 1 is 0.760 bits per heavy atom. The summed E-state index contributed by atoms with van der Waals surface area (Å²) in [5, 5.41) is 2.68. The van der Waals surface area contributed by atoms with Crippen LogP contribution in [-0.2, 0) is 27.4 Å². The summed E-state index contributed by atoms with van der Waals surface area (Å²) in [4.78, 5) is 47.4. The van der Waals surface area contributed by atoms with Crippen LogP contribution in [0.25, 0.3) is 0 Å². The Morgan fingerprint density at radius 3 is 2.00 bits per heavy atom. The van der Waals surface area contributed by atoms with Crippen LogP contribution in [0.15, 0.2) is 91.0 Å². The molecule has 0 aliphatic carbocycles. The third kappa shape index (κ3) is 12.3. The molecule has 0 aromatic heterocycles. The quantitative estimate of drug-likeness (QED) is 0.124. The van der Waals surface area contributed by atoms with Gasteiger partial charge >= 0.3 is 6.09 Å². The summed E-state index contributed by atoms with van der Waals surface area (Å²) in [6.45, 7) is 10.9. The summed E-state index contributed by atoms with van der Waals surface area (Å²) in [6, 6.07) is 25.3. The van der Waals surface area contributed by atoms with Crippen LogP contribution in [0, 0.1) is 17.7 Å². The van der Waals surface area contributed by atoms with E-state index >= 15 is 0 Å². The summed E-state index contributed by atoms with van der Waals surface area (Å²) in [5.41, 5.74) is 2.44. The first kappa shape index (κ1) is 39.1. The van der Waals surface area contributed by atoms with Crippen molar-refractivity contribution < 1.29 is 37.8 Å². The second-order valence-corrected chi connectivity index (χ2v) is 12.1. The van der Waals surface area contributed by atoms with Crippen molar-refractivity contribution in [3.05, 3.63) is 114 Å². The molecular formula is C41H46FNO7. The third-order valence-corrected chi connectivity index (χ3v) is 7.88. The van der Waals surface area contributed by atoms with Gasteiger partial charge in [-0.2, -0.15) is 0 Å². The number of hydrogen-bond acceptors (Lipinski definition) is 7. The predicted molar refractivity (Wildman–Crippen MR) is 193 cm³/mol. The molecule has 0 spiro atoms. The molecule has 4 rings (SSSR count). The maximum atomic E-state index is 13.4. The lowest BCUT2D eigenvalue weighted by Gasteiger charge is -2.19. The molecule has 8 nitrogen and oxygen atoms in total. The van der Waals surface area contributed by atoms with Crippen molar-refractivity contribution in [2.24, 2.45) is 11.8 Å². The van der Waals surface area contributed by atoms with Crippen LogP contribution < -0.4 is 14.8 Å². The van der Waals surface area contributed by atoms with Crippen LogP contribution in [0.5, 0.6) is 23.0 Å². The zero-order chi connectivity index (χ0) is 36.6. The molecule has 264 valence electrons. The van der Waals surface area contributed by atoms with E-state index in [9.17, 15) is 23.6 Å². The van der Waals surface area contributed by atoms with Gasteiger partial charge in [0.1, 0.15) is 47.0 Å². The van der Waals surface area contributed by atoms with E-state index in [4.69, 9.17) is 14.2 Å². The minimum Gasteiger partial charge on any atom is -0.457 e. The molecular weight excluding hydrogens is 637 g/mol. The van der Waals surface area contributed by atoms with Crippen LogP contribution in [0.4, 0.5) is 14.9 Å². The number of ether oxygens (including phenoxy) is 3. The van der Waals surface area contributed by atoms with Gasteiger partial charge in [0.2, 0.25) is 0 Å². The Hall–Kier alpha value is -5.31. The predicted octanol–water partition coefficient (Wildman–Crippen LogP) is 10.5. The minimum atomic E-state index is -0.671. The fourth-order valence-electron chi connectivity index (χ4n) is 4.68. The van der Waals surface area contributed by atoms with E-state index in [1.54, 1.807) is 55.5 Å². The maximum absolute atomic E-state index is 13.4. The maximum Gasteiger partial charge on any atom is 0.411 e. The molecule has 1 atom stereocenters. The van der Waals surface area contributed by atoms with Crippen molar-refractivity contribution in [3.63, 3.8) is 0 Å². The number of hydrogen-bond donors (Lipinski definition) is 1. The SMILES string of the molecule is CCC(=O)CCC(C)C(C)=O.CCc1ccc(COC(=O)Nc2ccc(Oc3cccc(F)c3)cc2)c(Oc2ccccc2)c1C(=O)C(C)C. The molecule has 0 saturated heterocycles. The Balaban J connectivity index is 0.000000530. The number of anilines is 1. The highest BCUT2D eigenvalue weighted by molar-refractivity contribution is 6.02. The molecule has 0 fully saturated rings. The first-order valence-electron chi connectivity index (χ1n) is 16.8. The number of rotatable bonds is 15. The van der Waals surface area contributed by atoms with Crippen LogP contribution in [-0.4, -0.2) is 23.4 Å². The standard InChI is InChI=1S/C32H30FNO5.C9H16O2/c1-4-22-13-14-23(31(29(22)30(35)21(2)3)39-26-10-6-5-7-11-26)20-37-32(36)34-25-15-17-27(18-16-25)38-28-12-8-9-24(33)19-28;1-4-9(11)6-5-7(2)8(3)10/h5-19,21H,4,20H2,1-3H3,(H,34,36);7H,4-6H2,1-3H3. The molecule has 4 aromatic rings. The van der Waals surface area contributed by atoms with Gasteiger partial charge in [0.05, 0.1) is 5.56 Å². The smallest absolute Gasteiger partial charge is 0.411 e. The Bertz CT molecular complexity index is 1740. The molecule has 1 amide bonds. The van der Waals surface area contributed by atoms with Crippen LogP contribution in [0.1, 0.15) is 82.3 Å². The first-order chi connectivity index (χ1) is 23.9. The van der Waals surface area contributed by atoms with Gasteiger partial charge in [0, 0.05) is 42.0 Å². The second-order valence-electron chi connectivity index (χ2n) is 12.1. The Labute approximate surface area is 294 Å². The van der Waals surface area contributed by atoms with E-state index in [2.05, 4.69) is 5.32 Å². The number of para-hydroxylation sites is 1. The van der Waals surface area contributed by atoms with E-state index in [1.165, 1.54) is 12.1 Å². The molecule has 1 N–H and O–H groups in total. The second kappa shape index (κ2) is 19.6. The van der Waals surface area contributed by atoms with Crippen molar-refractivity contribution >= 4 is 29.1 Å². The number of Topliss-reactive ketones (excluding diaryl/α,β-unsaturated/α-hetero) is 3. The molecule has 0 aliphatic rings. The fourth-order valence-corrected chi connectivity index (χ4v) is 4.68. The Kier molecular flexibility index (Phi) is 15.4. The number of carbonyl (C=O) groups is 4. The molecule has 0 bridgehead atoms. The highest BCUT2D eigenvalue weighted by Gasteiger charge is 2.24. The first-order valence-corrected chi connectivity index (χ1v) is 16.8. The minimum absolute atomic E-state index is 0.0374. The van der Waals surface area contributed by atoms with E-state index in [1.807, 2.05) is 65.0 Å². The monoisotopic (exact) mass is 683 g/mol. The largest absolute Gasteiger partial charge is 0.457 e.